The monoisotopic (exact) mass is 340 g/mol. The minimum Gasteiger partial charge on any atom is -0.370 e. The summed E-state index contributed by atoms with van der Waals surface area (Å²) in [5.41, 5.74) is 5.62. The SMILES string of the molecule is CC1(C)CC(CC(N)=O)N(c2ncnc3sc4ccccc4c23)C1. The summed E-state index contributed by atoms with van der Waals surface area (Å²) in [4.78, 5) is 23.8. The van der Waals surface area contributed by atoms with Crippen molar-refractivity contribution in [3.8, 4) is 0 Å². The van der Waals surface area contributed by atoms with Gasteiger partial charge in [0.2, 0.25) is 5.91 Å². The molecule has 3 aromatic rings. The molecule has 2 N–H and O–H groups in total. The molecule has 24 heavy (non-hydrogen) atoms. The first-order chi connectivity index (χ1) is 11.4. The summed E-state index contributed by atoms with van der Waals surface area (Å²) in [6.45, 7) is 5.32. The first-order valence-electron chi connectivity index (χ1n) is 8.12. The molecule has 1 aromatic carbocycles. The number of carbonyl (C=O) groups excluding carboxylic acids is 1. The molecular formula is C18H20N4OS. The number of primary amides is 1. The van der Waals surface area contributed by atoms with Gasteiger partial charge in [0.1, 0.15) is 17.0 Å². The Bertz CT molecular complexity index is 933. The zero-order chi connectivity index (χ0) is 16.9. The van der Waals surface area contributed by atoms with E-state index in [0.29, 0.717) is 6.42 Å². The molecule has 0 saturated carbocycles. The van der Waals surface area contributed by atoms with Crippen molar-refractivity contribution in [2.75, 3.05) is 11.4 Å². The summed E-state index contributed by atoms with van der Waals surface area (Å²) in [5.74, 6) is 0.664. The Morgan fingerprint density at radius 3 is 2.96 bits per heavy atom. The first kappa shape index (κ1) is 15.3. The smallest absolute Gasteiger partial charge is 0.219 e. The largest absolute Gasteiger partial charge is 0.370 e. The molecule has 1 saturated heterocycles. The quantitative estimate of drug-likeness (QED) is 0.794. The number of rotatable bonds is 3. The third-order valence-electron chi connectivity index (χ3n) is 4.69. The van der Waals surface area contributed by atoms with Crippen LogP contribution in [-0.4, -0.2) is 28.5 Å². The van der Waals surface area contributed by atoms with E-state index in [-0.39, 0.29) is 17.4 Å². The van der Waals surface area contributed by atoms with Crippen molar-refractivity contribution < 1.29 is 4.79 Å². The Balaban J connectivity index is 1.90. The van der Waals surface area contributed by atoms with Gasteiger partial charge in [0.25, 0.3) is 0 Å². The molecule has 0 spiro atoms. The van der Waals surface area contributed by atoms with E-state index in [0.717, 1.165) is 29.0 Å². The first-order valence-corrected chi connectivity index (χ1v) is 8.93. The summed E-state index contributed by atoms with van der Waals surface area (Å²) < 4.78 is 1.21. The van der Waals surface area contributed by atoms with Crippen LogP contribution >= 0.6 is 11.3 Å². The van der Waals surface area contributed by atoms with Crippen LogP contribution in [0.25, 0.3) is 20.3 Å². The van der Waals surface area contributed by atoms with Gasteiger partial charge in [0.05, 0.1) is 5.39 Å². The lowest BCUT2D eigenvalue weighted by Gasteiger charge is -2.25. The van der Waals surface area contributed by atoms with Crippen LogP contribution in [0.15, 0.2) is 30.6 Å². The van der Waals surface area contributed by atoms with Gasteiger partial charge in [-0.05, 0) is 17.9 Å². The van der Waals surface area contributed by atoms with E-state index in [1.807, 2.05) is 12.1 Å². The highest BCUT2D eigenvalue weighted by Gasteiger charge is 2.39. The molecule has 0 aliphatic carbocycles. The third-order valence-corrected chi connectivity index (χ3v) is 5.77. The van der Waals surface area contributed by atoms with Crippen LogP contribution in [0, 0.1) is 5.41 Å². The number of thiophene rings is 1. The molecule has 1 unspecified atom stereocenters. The maximum Gasteiger partial charge on any atom is 0.219 e. The summed E-state index contributed by atoms with van der Waals surface area (Å²) >= 11 is 1.68. The van der Waals surface area contributed by atoms with Crippen LogP contribution in [0.5, 0.6) is 0 Å². The van der Waals surface area contributed by atoms with E-state index in [1.165, 1.54) is 10.1 Å². The van der Waals surface area contributed by atoms with E-state index in [2.05, 4.69) is 40.8 Å². The van der Waals surface area contributed by atoms with Gasteiger partial charge < -0.3 is 10.6 Å². The number of aromatic nitrogens is 2. The Kier molecular flexibility index (Phi) is 3.46. The molecule has 1 amide bonds. The van der Waals surface area contributed by atoms with Gasteiger partial charge in [0.15, 0.2) is 0 Å². The van der Waals surface area contributed by atoms with E-state index in [1.54, 1.807) is 17.7 Å². The van der Waals surface area contributed by atoms with Gasteiger partial charge >= 0.3 is 0 Å². The number of carbonyl (C=O) groups is 1. The number of benzene rings is 1. The average molecular weight is 340 g/mol. The van der Waals surface area contributed by atoms with Crippen molar-refractivity contribution >= 4 is 43.4 Å². The van der Waals surface area contributed by atoms with Crippen molar-refractivity contribution in [2.45, 2.75) is 32.7 Å². The van der Waals surface area contributed by atoms with Gasteiger partial charge in [-0.1, -0.05) is 32.0 Å². The number of nitrogens with zero attached hydrogens (tertiary/aromatic N) is 3. The molecule has 1 atom stereocenters. The molecule has 3 heterocycles. The van der Waals surface area contributed by atoms with Gasteiger partial charge in [0, 0.05) is 29.1 Å². The molecule has 1 fully saturated rings. The lowest BCUT2D eigenvalue weighted by molar-refractivity contribution is -0.118. The summed E-state index contributed by atoms with van der Waals surface area (Å²) in [6, 6.07) is 8.40. The molecule has 0 radical (unpaired) electrons. The molecule has 1 aliphatic heterocycles. The van der Waals surface area contributed by atoms with Gasteiger partial charge in [-0.3, -0.25) is 4.79 Å². The van der Waals surface area contributed by atoms with E-state index in [4.69, 9.17) is 5.73 Å². The van der Waals surface area contributed by atoms with Crippen molar-refractivity contribution in [1.82, 2.24) is 9.97 Å². The van der Waals surface area contributed by atoms with E-state index >= 15 is 0 Å². The van der Waals surface area contributed by atoms with Crippen molar-refractivity contribution in [3.05, 3.63) is 30.6 Å². The predicted molar refractivity (Wildman–Crippen MR) is 98.3 cm³/mol. The number of hydrogen-bond donors (Lipinski definition) is 1. The zero-order valence-corrected chi connectivity index (χ0v) is 14.6. The highest BCUT2D eigenvalue weighted by Crippen LogP contribution is 2.43. The molecular weight excluding hydrogens is 320 g/mol. The fourth-order valence-corrected chi connectivity index (χ4v) is 4.86. The van der Waals surface area contributed by atoms with Gasteiger partial charge in [-0.25, -0.2) is 9.97 Å². The number of fused-ring (bicyclic) bond motifs is 3. The maximum atomic E-state index is 11.5. The minimum atomic E-state index is -0.261. The van der Waals surface area contributed by atoms with Crippen molar-refractivity contribution in [2.24, 2.45) is 11.1 Å². The second-order valence-corrected chi connectivity index (χ2v) is 8.33. The lowest BCUT2D eigenvalue weighted by Crippen LogP contribution is -2.34. The van der Waals surface area contributed by atoms with E-state index < -0.39 is 0 Å². The normalized spacial score (nSPS) is 20.1. The molecule has 6 heteroatoms. The summed E-state index contributed by atoms with van der Waals surface area (Å²) in [5, 5.41) is 2.26. The van der Waals surface area contributed by atoms with Gasteiger partial charge in [-0.15, -0.1) is 11.3 Å². The van der Waals surface area contributed by atoms with Crippen LogP contribution < -0.4 is 10.6 Å². The number of nitrogens with two attached hydrogens (primary N) is 1. The Labute approximate surface area is 144 Å². The van der Waals surface area contributed by atoms with Gasteiger partial charge in [-0.2, -0.15) is 0 Å². The molecule has 0 bridgehead atoms. The second-order valence-electron chi connectivity index (χ2n) is 7.30. The highest BCUT2D eigenvalue weighted by atomic mass is 32.1. The standard InChI is InChI=1S/C18H20N4OS/c1-18(2)8-11(7-14(19)23)22(9-18)16-15-12-5-3-4-6-13(12)24-17(15)21-10-20-16/h3-6,10-11H,7-9H2,1-2H3,(H2,19,23). The Hall–Kier alpha value is -2.21. The van der Waals surface area contributed by atoms with Crippen LogP contribution in [0.3, 0.4) is 0 Å². The van der Waals surface area contributed by atoms with Crippen LogP contribution in [0.4, 0.5) is 5.82 Å². The second kappa shape index (κ2) is 5.41. The summed E-state index contributed by atoms with van der Waals surface area (Å²) in [7, 11) is 0. The average Bonchev–Trinajstić information content (AvgIpc) is 3.03. The number of hydrogen-bond acceptors (Lipinski definition) is 5. The number of anilines is 1. The summed E-state index contributed by atoms with van der Waals surface area (Å²) in [6.07, 6.45) is 2.92. The van der Waals surface area contributed by atoms with Crippen LogP contribution in [-0.2, 0) is 4.79 Å². The fourth-order valence-electron chi connectivity index (χ4n) is 3.82. The molecule has 1 aliphatic rings. The maximum absolute atomic E-state index is 11.5. The fraction of sp³-hybridized carbons (Fsp3) is 0.389. The van der Waals surface area contributed by atoms with Crippen LogP contribution in [0.2, 0.25) is 0 Å². The predicted octanol–water partition coefficient (Wildman–Crippen LogP) is 3.32. The van der Waals surface area contributed by atoms with Crippen molar-refractivity contribution in [3.63, 3.8) is 0 Å². The van der Waals surface area contributed by atoms with E-state index in [9.17, 15) is 4.79 Å². The lowest BCUT2D eigenvalue weighted by atomic mass is 9.90. The number of amides is 1. The Morgan fingerprint density at radius 2 is 2.17 bits per heavy atom. The minimum absolute atomic E-state index is 0.0919. The third kappa shape index (κ3) is 2.51. The highest BCUT2D eigenvalue weighted by molar-refractivity contribution is 7.25. The molecule has 4 rings (SSSR count). The van der Waals surface area contributed by atoms with Crippen LogP contribution in [0.1, 0.15) is 26.7 Å². The molecule has 124 valence electrons. The molecule has 2 aromatic heterocycles. The topological polar surface area (TPSA) is 72.1 Å². The molecule has 5 nitrogen and oxygen atoms in total. The van der Waals surface area contributed by atoms with Crippen molar-refractivity contribution in [1.29, 1.82) is 0 Å². The Morgan fingerprint density at radius 1 is 1.38 bits per heavy atom. The zero-order valence-electron chi connectivity index (χ0n) is 13.8.